The number of benzene rings is 2. The SMILES string of the molecule is C[C@H](Cn1ccnc1)NC(=O)C1c2ccccc2Oc2ccccc21. The number of hydrogen-bond donors (Lipinski definition) is 1. The lowest BCUT2D eigenvalue weighted by Gasteiger charge is -2.28. The van der Waals surface area contributed by atoms with Crippen LogP contribution in [0.15, 0.2) is 67.3 Å². The predicted octanol–water partition coefficient (Wildman–Crippen LogP) is 3.33. The predicted molar refractivity (Wildman–Crippen MR) is 94.6 cm³/mol. The Balaban J connectivity index is 1.61. The Morgan fingerprint density at radius 1 is 1.16 bits per heavy atom. The van der Waals surface area contributed by atoms with E-state index in [1.165, 1.54) is 0 Å². The van der Waals surface area contributed by atoms with Crippen molar-refractivity contribution in [2.75, 3.05) is 0 Å². The fourth-order valence-corrected chi connectivity index (χ4v) is 3.28. The second-order valence-electron chi connectivity index (χ2n) is 6.28. The summed E-state index contributed by atoms with van der Waals surface area (Å²) in [6.45, 7) is 2.67. The molecule has 2 aromatic carbocycles. The Labute approximate surface area is 146 Å². The van der Waals surface area contributed by atoms with E-state index in [4.69, 9.17) is 4.74 Å². The molecule has 1 aromatic heterocycles. The molecule has 5 nitrogen and oxygen atoms in total. The van der Waals surface area contributed by atoms with E-state index in [9.17, 15) is 4.79 Å². The second-order valence-corrected chi connectivity index (χ2v) is 6.28. The van der Waals surface area contributed by atoms with Crippen LogP contribution >= 0.6 is 0 Å². The molecule has 5 heteroatoms. The Bertz CT molecular complexity index is 844. The van der Waals surface area contributed by atoms with Gasteiger partial charge in [-0.1, -0.05) is 36.4 Å². The minimum atomic E-state index is -0.369. The molecule has 0 saturated carbocycles. The summed E-state index contributed by atoms with van der Waals surface area (Å²) in [5.41, 5.74) is 1.79. The highest BCUT2D eigenvalue weighted by Crippen LogP contribution is 2.43. The van der Waals surface area contributed by atoms with E-state index in [1.54, 1.807) is 12.5 Å². The minimum Gasteiger partial charge on any atom is -0.457 e. The average Bonchev–Trinajstić information content (AvgIpc) is 3.12. The van der Waals surface area contributed by atoms with Crippen molar-refractivity contribution in [3.8, 4) is 11.5 Å². The number of para-hydroxylation sites is 2. The van der Waals surface area contributed by atoms with Crippen LogP contribution in [0, 0.1) is 0 Å². The first kappa shape index (κ1) is 15.4. The molecule has 2 heterocycles. The van der Waals surface area contributed by atoms with Crippen LogP contribution in [-0.4, -0.2) is 21.5 Å². The van der Waals surface area contributed by atoms with Crippen LogP contribution < -0.4 is 10.1 Å². The lowest BCUT2D eigenvalue weighted by atomic mass is 9.87. The van der Waals surface area contributed by atoms with Gasteiger partial charge in [0.15, 0.2) is 0 Å². The fourth-order valence-electron chi connectivity index (χ4n) is 3.28. The summed E-state index contributed by atoms with van der Waals surface area (Å²) >= 11 is 0. The van der Waals surface area contributed by atoms with E-state index in [-0.39, 0.29) is 17.9 Å². The first-order chi connectivity index (χ1) is 12.2. The molecular formula is C20H19N3O2. The number of carbonyl (C=O) groups excluding carboxylic acids is 1. The number of imidazole rings is 1. The number of rotatable bonds is 4. The molecule has 0 bridgehead atoms. The highest BCUT2D eigenvalue weighted by atomic mass is 16.5. The summed E-state index contributed by atoms with van der Waals surface area (Å²) in [6.07, 6.45) is 5.38. The lowest BCUT2D eigenvalue weighted by Crippen LogP contribution is -2.39. The van der Waals surface area contributed by atoms with E-state index < -0.39 is 0 Å². The van der Waals surface area contributed by atoms with E-state index in [0.29, 0.717) is 6.54 Å². The molecule has 4 rings (SSSR count). The normalized spacial score (nSPS) is 14.1. The van der Waals surface area contributed by atoms with Crippen molar-refractivity contribution in [2.24, 2.45) is 0 Å². The van der Waals surface area contributed by atoms with Crippen LogP contribution in [0.3, 0.4) is 0 Å². The van der Waals surface area contributed by atoms with Gasteiger partial charge in [0.2, 0.25) is 5.91 Å². The van der Waals surface area contributed by atoms with Crippen LogP contribution in [0.1, 0.15) is 24.0 Å². The van der Waals surface area contributed by atoms with Gasteiger partial charge in [-0.15, -0.1) is 0 Å². The highest BCUT2D eigenvalue weighted by Gasteiger charge is 2.32. The van der Waals surface area contributed by atoms with Crippen molar-refractivity contribution in [3.63, 3.8) is 0 Å². The molecule has 0 unspecified atom stereocenters. The smallest absolute Gasteiger partial charge is 0.232 e. The Hall–Kier alpha value is -3.08. The molecule has 1 amide bonds. The molecule has 0 radical (unpaired) electrons. The van der Waals surface area contributed by atoms with E-state index >= 15 is 0 Å². The van der Waals surface area contributed by atoms with Gasteiger partial charge in [-0.05, 0) is 19.1 Å². The highest BCUT2D eigenvalue weighted by molar-refractivity contribution is 5.89. The molecule has 1 aliphatic heterocycles. The summed E-state index contributed by atoms with van der Waals surface area (Å²) in [6, 6.07) is 15.4. The largest absolute Gasteiger partial charge is 0.457 e. The van der Waals surface area contributed by atoms with Crippen molar-refractivity contribution >= 4 is 5.91 Å². The molecule has 0 spiro atoms. The summed E-state index contributed by atoms with van der Waals surface area (Å²) in [5, 5.41) is 3.13. The summed E-state index contributed by atoms with van der Waals surface area (Å²) in [4.78, 5) is 17.1. The summed E-state index contributed by atoms with van der Waals surface area (Å²) in [5.74, 6) is 1.09. The second kappa shape index (κ2) is 6.43. The van der Waals surface area contributed by atoms with Gasteiger partial charge in [0.05, 0.1) is 12.2 Å². The Morgan fingerprint density at radius 2 is 1.80 bits per heavy atom. The number of carbonyl (C=O) groups is 1. The maximum atomic E-state index is 13.1. The van der Waals surface area contributed by atoms with Crippen molar-refractivity contribution in [3.05, 3.63) is 78.4 Å². The first-order valence-electron chi connectivity index (χ1n) is 8.34. The van der Waals surface area contributed by atoms with Gasteiger partial charge in [0.1, 0.15) is 11.5 Å². The molecule has 1 atom stereocenters. The summed E-state index contributed by atoms with van der Waals surface area (Å²) < 4.78 is 7.91. The third-order valence-electron chi connectivity index (χ3n) is 4.37. The van der Waals surface area contributed by atoms with Crippen molar-refractivity contribution < 1.29 is 9.53 Å². The minimum absolute atomic E-state index is 0.0103. The number of nitrogens with zero attached hydrogens (tertiary/aromatic N) is 2. The number of fused-ring (bicyclic) bond motifs is 2. The van der Waals surface area contributed by atoms with Crippen molar-refractivity contribution in [1.82, 2.24) is 14.9 Å². The van der Waals surface area contributed by atoms with E-state index in [1.807, 2.05) is 66.2 Å². The van der Waals surface area contributed by atoms with Crippen LogP contribution in [-0.2, 0) is 11.3 Å². The fraction of sp³-hybridized carbons (Fsp3) is 0.200. The zero-order valence-corrected chi connectivity index (χ0v) is 13.9. The quantitative estimate of drug-likeness (QED) is 0.797. The molecule has 126 valence electrons. The van der Waals surface area contributed by atoms with Gasteiger partial charge in [0, 0.05) is 36.1 Å². The molecular weight excluding hydrogens is 314 g/mol. The average molecular weight is 333 g/mol. The summed E-state index contributed by atoms with van der Waals surface area (Å²) in [7, 11) is 0. The topological polar surface area (TPSA) is 56.2 Å². The third kappa shape index (κ3) is 3.01. The van der Waals surface area contributed by atoms with Gasteiger partial charge in [-0.2, -0.15) is 0 Å². The van der Waals surface area contributed by atoms with E-state index in [0.717, 1.165) is 22.6 Å². The molecule has 0 fully saturated rings. The molecule has 0 aliphatic carbocycles. The van der Waals surface area contributed by atoms with Gasteiger partial charge in [-0.3, -0.25) is 4.79 Å². The maximum Gasteiger partial charge on any atom is 0.232 e. The van der Waals surface area contributed by atoms with Crippen LogP contribution in [0.2, 0.25) is 0 Å². The van der Waals surface area contributed by atoms with E-state index in [2.05, 4.69) is 10.3 Å². The lowest BCUT2D eigenvalue weighted by molar-refractivity contribution is -0.122. The zero-order chi connectivity index (χ0) is 17.2. The molecule has 25 heavy (non-hydrogen) atoms. The zero-order valence-electron chi connectivity index (χ0n) is 13.9. The molecule has 1 N–H and O–H groups in total. The number of hydrogen-bond acceptors (Lipinski definition) is 3. The van der Waals surface area contributed by atoms with Crippen molar-refractivity contribution in [2.45, 2.75) is 25.4 Å². The number of amides is 1. The number of aromatic nitrogens is 2. The number of nitrogens with one attached hydrogen (secondary N) is 1. The van der Waals surface area contributed by atoms with Gasteiger partial charge < -0.3 is 14.6 Å². The third-order valence-corrected chi connectivity index (χ3v) is 4.37. The van der Waals surface area contributed by atoms with Crippen LogP contribution in [0.5, 0.6) is 11.5 Å². The monoisotopic (exact) mass is 333 g/mol. The Morgan fingerprint density at radius 3 is 2.40 bits per heavy atom. The first-order valence-corrected chi connectivity index (χ1v) is 8.34. The molecule has 0 saturated heterocycles. The number of ether oxygens (including phenoxy) is 1. The van der Waals surface area contributed by atoms with Gasteiger partial charge in [0.25, 0.3) is 0 Å². The standard InChI is InChI=1S/C20H19N3O2/c1-14(12-23-11-10-21-13-23)22-20(24)19-15-6-2-4-8-17(15)25-18-9-5-3-7-16(18)19/h2-11,13-14,19H,12H2,1H3,(H,22,24)/t14-/m1/s1. The van der Waals surface area contributed by atoms with Crippen molar-refractivity contribution in [1.29, 1.82) is 0 Å². The molecule has 1 aliphatic rings. The van der Waals surface area contributed by atoms with Crippen LogP contribution in [0.25, 0.3) is 0 Å². The van der Waals surface area contributed by atoms with Crippen LogP contribution in [0.4, 0.5) is 0 Å². The molecule has 3 aromatic rings. The van der Waals surface area contributed by atoms with Gasteiger partial charge >= 0.3 is 0 Å². The van der Waals surface area contributed by atoms with Gasteiger partial charge in [-0.25, -0.2) is 4.98 Å². The Kier molecular flexibility index (Phi) is 3.98. The maximum absolute atomic E-state index is 13.1.